The Morgan fingerprint density at radius 3 is 2.15 bits per heavy atom. The van der Waals surface area contributed by atoms with Gasteiger partial charge < -0.3 is 9.26 Å². The predicted octanol–water partition coefficient (Wildman–Crippen LogP) is 7.22. The lowest BCUT2D eigenvalue weighted by atomic mass is 10.1. The summed E-state index contributed by atoms with van der Waals surface area (Å²) in [4.78, 5) is 0. The first-order chi connectivity index (χ1) is 12.5. The first-order valence-corrected chi connectivity index (χ1v) is 11.9. The van der Waals surface area contributed by atoms with Gasteiger partial charge in [-0.3, -0.25) is 4.52 Å². The maximum atomic E-state index is 13.2. The van der Waals surface area contributed by atoms with Crippen LogP contribution >= 0.6 is 7.60 Å². The fraction of sp³-hybridized carbons (Fsp3) is 0.714. The lowest BCUT2D eigenvalue weighted by Gasteiger charge is -2.21. The van der Waals surface area contributed by atoms with E-state index in [1.54, 1.807) is 6.07 Å². The number of hydrogen-bond donors (Lipinski definition) is 0. The highest BCUT2D eigenvalue weighted by Gasteiger charge is 2.27. The Hall–Kier alpha value is -0.990. The van der Waals surface area contributed by atoms with E-state index in [9.17, 15) is 4.57 Å². The van der Waals surface area contributed by atoms with Crippen molar-refractivity contribution >= 4 is 7.60 Å². The van der Waals surface area contributed by atoms with E-state index in [0.29, 0.717) is 24.3 Å². The third-order valence-corrected chi connectivity index (χ3v) is 5.94. The molecule has 1 rings (SSSR count). The smallest absolute Gasteiger partial charge is 0.379 e. The normalized spacial score (nSPS) is 13.6. The van der Waals surface area contributed by atoms with Crippen LogP contribution in [0.15, 0.2) is 24.3 Å². The molecule has 4 nitrogen and oxygen atoms in total. The summed E-state index contributed by atoms with van der Waals surface area (Å²) in [5.74, 6) is 1.12. The van der Waals surface area contributed by atoms with E-state index in [1.807, 2.05) is 32.0 Å². The Morgan fingerprint density at radius 1 is 0.885 bits per heavy atom. The Labute approximate surface area is 160 Å². The molecule has 0 aliphatic heterocycles. The van der Waals surface area contributed by atoms with Crippen LogP contribution in [-0.2, 0) is 9.09 Å². The molecule has 1 aromatic rings. The molecule has 0 aromatic heterocycles. The van der Waals surface area contributed by atoms with Gasteiger partial charge in [-0.15, -0.1) is 0 Å². The lowest BCUT2D eigenvalue weighted by Crippen LogP contribution is -2.08. The first kappa shape index (κ1) is 23.0. The van der Waals surface area contributed by atoms with Gasteiger partial charge in [-0.1, -0.05) is 64.5 Å². The fourth-order valence-corrected chi connectivity index (χ4v) is 4.44. The second-order valence-electron chi connectivity index (χ2n) is 6.99. The predicted molar refractivity (Wildman–Crippen MR) is 110 cm³/mol. The van der Waals surface area contributed by atoms with Gasteiger partial charge in [0.1, 0.15) is 0 Å². The Morgan fingerprint density at radius 2 is 1.50 bits per heavy atom. The quantitative estimate of drug-likeness (QED) is 0.236. The Kier molecular flexibility index (Phi) is 11.7. The zero-order valence-corrected chi connectivity index (χ0v) is 17.9. The van der Waals surface area contributed by atoms with Crippen LogP contribution in [0.4, 0.5) is 0 Å². The second-order valence-corrected chi connectivity index (χ2v) is 9.10. The average Bonchev–Trinajstić information content (AvgIpc) is 2.61. The largest absolute Gasteiger partial charge is 0.487 e. The third-order valence-electron chi connectivity index (χ3n) is 4.02. The number of unbranched alkanes of at least 4 members (excludes halogenated alkanes) is 6. The first-order valence-electron chi connectivity index (χ1n) is 10.2. The van der Waals surface area contributed by atoms with Gasteiger partial charge in [0, 0.05) is 0 Å². The van der Waals surface area contributed by atoms with E-state index in [-0.39, 0.29) is 6.10 Å². The molecule has 26 heavy (non-hydrogen) atoms. The Bertz CT molecular complexity index is 530. The molecule has 0 spiro atoms. The van der Waals surface area contributed by atoms with Crippen molar-refractivity contribution in [3.05, 3.63) is 24.3 Å². The van der Waals surface area contributed by atoms with Crippen molar-refractivity contribution in [1.82, 2.24) is 0 Å². The minimum Gasteiger partial charge on any atom is -0.487 e. The number of ether oxygens (including phenoxy) is 1. The molecule has 150 valence electrons. The zero-order chi connectivity index (χ0) is 19.3. The van der Waals surface area contributed by atoms with Crippen LogP contribution in [0.25, 0.3) is 0 Å². The van der Waals surface area contributed by atoms with Crippen LogP contribution < -0.4 is 9.26 Å². The van der Waals surface area contributed by atoms with Crippen molar-refractivity contribution in [2.45, 2.75) is 85.2 Å². The van der Waals surface area contributed by atoms with Crippen LogP contribution in [0.2, 0.25) is 0 Å². The standard InChI is InChI=1S/C21H37O4P/c1-5-7-9-10-11-14-17-23-26(22,18-8-6-2)25-21-16-13-12-15-20(21)24-19(3)4/h12-13,15-16,19H,5-11,14,17-18H2,1-4H3. The van der Waals surface area contributed by atoms with Crippen LogP contribution in [0.1, 0.15) is 79.1 Å². The minimum atomic E-state index is -3.17. The number of para-hydroxylation sites is 2. The third kappa shape index (κ3) is 9.64. The number of benzene rings is 1. The molecule has 1 aromatic carbocycles. The highest BCUT2D eigenvalue weighted by atomic mass is 31.2. The van der Waals surface area contributed by atoms with Gasteiger partial charge in [-0.2, -0.15) is 0 Å². The van der Waals surface area contributed by atoms with E-state index in [4.69, 9.17) is 13.8 Å². The molecule has 0 saturated heterocycles. The molecule has 0 saturated carbocycles. The van der Waals surface area contributed by atoms with E-state index >= 15 is 0 Å². The summed E-state index contributed by atoms with van der Waals surface area (Å²) < 4.78 is 30.7. The molecule has 0 aliphatic rings. The van der Waals surface area contributed by atoms with Crippen molar-refractivity contribution < 1.29 is 18.3 Å². The molecular weight excluding hydrogens is 347 g/mol. The van der Waals surface area contributed by atoms with Crippen molar-refractivity contribution in [2.75, 3.05) is 12.8 Å². The highest BCUT2D eigenvalue weighted by molar-refractivity contribution is 7.54. The number of hydrogen-bond acceptors (Lipinski definition) is 4. The summed E-state index contributed by atoms with van der Waals surface area (Å²) in [5.41, 5.74) is 0. The fourth-order valence-electron chi connectivity index (χ4n) is 2.60. The van der Waals surface area contributed by atoms with Crippen molar-refractivity contribution in [3.8, 4) is 11.5 Å². The summed E-state index contributed by atoms with van der Waals surface area (Å²) in [6, 6.07) is 7.39. The van der Waals surface area contributed by atoms with Gasteiger partial charge in [-0.05, 0) is 38.8 Å². The number of rotatable bonds is 15. The monoisotopic (exact) mass is 384 g/mol. The second kappa shape index (κ2) is 13.2. The molecule has 5 heteroatoms. The summed E-state index contributed by atoms with van der Waals surface area (Å²) in [7, 11) is -3.17. The van der Waals surface area contributed by atoms with Crippen LogP contribution in [0.5, 0.6) is 11.5 Å². The van der Waals surface area contributed by atoms with Gasteiger partial charge in [0.25, 0.3) is 0 Å². The van der Waals surface area contributed by atoms with Crippen molar-refractivity contribution in [3.63, 3.8) is 0 Å². The van der Waals surface area contributed by atoms with E-state index < -0.39 is 7.60 Å². The van der Waals surface area contributed by atoms with E-state index in [1.165, 1.54) is 25.7 Å². The zero-order valence-electron chi connectivity index (χ0n) is 17.0. The molecule has 1 unspecified atom stereocenters. The molecule has 0 N–H and O–H groups in total. The Balaban J connectivity index is 2.63. The van der Waals surface area contributed by atoms with Gasteiger partial charge in [0.15, 0.2) is 11.5 Å². The summed E-state index contributed by atoms with van der Waals surface area (Å²) in [5, 5.41) is 0. The maximum Gasteiger partial charge on any atom is 0.379 e. The SMILES string of the molecule is CCCCCCCCOP(=O)(CCCC)Oc1ccccc1OC(C)C. The topological polar surface area (TPSA) is 44.8 Å². The van der Waals surface area contributed by atoms with Gasteiger partial charge in [0.2, 0.25) is 0 Å². The molecule has 0 heterocycles. The van der Waals surface area contributed by atoms with Crippen LogP contribution in [0.3, 0.4) is 0 Å². The molecule has 0 aliphatic carbocycles. The summed E-state index contributed by atoms with van der Waals surface area (Å²) >= 11 is 0. The summed E-state index contributed by atoms with van der Waals surface area (Å²) in [6.07, 6.45) is 9.28. The van der Waals surface area contributed by atoms with Crippen molar-refractivity contribution in [2.24, 2.45) is 0 Å². The highest BCUT2D eigenvalue weighted by Crippen LogP contribution is 2.51. The molecule has 0 fully saturated rings. The molecule has 1 atom stereocenters. The van der Waals surface area contributed by atoms with Crippen LogP contribution in [-0.4, -0.2) is 18.9 Å². The summed E-state index contributed by atoms with van der Waals surface area (Å²) in [6.45, 7) is 8.70. The van der Waals surface area contributed by atoms with Gasteiger partial charge >= 0.3 is 7.60 Å². The molecule has 0 amide bonds. The molecule has 0 bridgehead atoms. The minimum absolute atomic E-state index is 0.0267. The average molecular weight is 384 g/mol. The van der Waals surface area contributed by atoms with Crippen molar-refractivity contribution in [1.29, 1.82) is 0 Å². The van der Waals surface area contributed by atoms with E-state index in [2.05, 4.69) is 13.8 Å². The van der Waals surface area contributed by atoms with Gasteiger partial charge in [0.05, 0.1) is 18.9 Å². The molecular formula is C21H37O4P. The van der Waals surface area contributed by atoms with Crippen LogP contribution in [0, 0.1) is 0 Å². The van der Waals surface area contributed by atoms with E-state index in [0.717, 1.165) is 25.7 Å². The lowest BCUT2D eigenvalue weighted by molar-refractivity contribution is 0.225. The van der Waals surface area contributed by atoms with Gasteiger partial charge in [-0.25, -0.2) is 4.57 Å². The maximum absolute atomic E-state index is 13.2. The molecule has 0 radical (unpaired) electrons.